The molecule has 23 heavy (non-hydrogen) atoms. The molecule has 1 unspecified atom stereocenters. The van der Waals surface area contributed by atoms with Gasteiger partial charge in [0.2, 0.25) is 0 Å². The van der Waals surface area contributed by atoms with Crippen LogP contribution >= 0.6 is 0 Å². The predicted molar refractivity (Wildman–Crippen MR) is 91.9 cm³/mol. The maximum Gasteiger partial charge on any atom is 0.336 e. The normalized spacial score (nSPS) is 12.3. The molecule has 1 heterocycles. The number of carbonyl (C=O) groups is 1. The fourth-order valence-corrected chi connectivity index (χ4v) is 3.36. The van der Waals surface area contributed by atoms with E-state index in [0.29, 0.717) is 22.2 Å². The van der Waals surface area contributed by atoms with Gasteiger partial charge in [-0.25, -0.2) is 9.78 Å². The summed E-state index contributed by atoms with van der Waals surface area (Å²) in [5, 5.41) is 10.3. The van der Waals surface area contributed by atoms with E-state index in [1.54, 1.807) is 24.5 Å². The number of aromatic carboxylic acids is 1. The summed E-state index contributed by atoms with van der Waals surface area (Å²) in [5.74, 6) is -0.870. The van der Waals surface area contributed by atoms with Crippen molar-refractivity contribution in [3.63, 3.8) is 0 Å². The third-order valence-electron chi connectivity index (χ3n) is 3.60. The van der Waals surface area contributed by atoms with Gasteiger partial charge in [-0.3, -0.25) is 0 Å². The summed E-state index contributed by atoms with van der Waals surface area (Å²) in [6.45, 7) is 0. The number of hydrogen-bond donors (Lipinski definition) is 1. The molecule has 3 aromatic rings. The summed E-state index contributed by atoms with van der Waals surface area (Å²) in [4.78, 5) is 16.5. The third-order valence-corrected chi connectivity index (χ3v) is 4.30. The molecule has 2 aromatic carbocycles. The Morgan fingerprint density at radius 2 is 1.78 bits per heavy atom. The van der Waals surface area contributed by atoms with E-state index in [2.05, 4.69) is 4.98 Å². The van der Waals surface area contributed by atoms with E-state index >= 15 is 0 Å². The maximum absolute atomic E-state index is 11.9. The maximum atomic E-state index is 11.9. The quantitative estimate of drug-likeness (QED) is 0.745. The van der Waals surface area contributed by atoms with Crippen LogP contribution in [0.15, 0.2) is 54.6 Å². The second kappa shape index (κ2) is 6.40. The molecule has 4 nitrogen and oxygen atoms in total. The van der Waals surface area contributed by atoms with Gasteiger partial charge < -0.3 is 9.66 Å². The molecule has 0 aliphatic heterocycles. The van der Waals surface area contributed by atoms with Crippen LogP contribution in [-0.4, -0.2) is 26.9 Å². The highest BCUT2D eigenvalue weighted by Crippen LogP contribution is 2.31. The van der Waals surface area contributed by atoms with E-state index in [0.717, 1.165) is 5.56 Å². The van der Waals surface area contributed by atoms with Gasteiger partial charge in [0.05, 0.1) is 23.0 Å². The largest absolute Gasteiger partial charge is 0.616 e. The lowest BCUT2D eigenvalue weighted by Crippen LogP contribution is -2.12. The van der Waals surface area contributed by atoms with Gasteiger partial charge >= 0.3 is 5.97 Å². The van der Waals surface area contributed by atoms with Crippen molar-refractivity contribution in [1.29, 1.82) is 0 Å². The summed E-state index contributed by atoms with van der Waals surface area (Å²) < 4.78 is 11.8. The SMILES string of the molecule is C[S+]([O-])Cc1c(-c2ccccc2)nc2ccccc2c1C(=O)O. The molecule has 0 saturated heterocycles. The Morgan fingerprint density at radius 3 is 2.43 bits per heavy atom. The Labute approximate surface area is 137 Å². The van der Waals surface area contributed by atoms with Crippen molar-refractivity contribution in [3.05, 3.63) is 65.7 Å². The summed E-state index contributed by atoms with van der Waals surface area (Å²) >= 11 is -1.17. The van der Waals surface area contributed by atoms with Crippen LogP contribution in [0.25, 0.3) is 22.2 Å². The number of rotatable bonds is 4. The molecule has 0 aliphatic carbocycles. The molecule has 0 amide bonds. The van der Waals surface area contributed by atoms with Crippen molar-refractivity contribution in [2.75, 3.05) is 6.26 Å². The molecule has 3 rings (SSSR count). The van der Waals surface area contributed by atoms with Gasteiger partial charge in [-0.2, -0.15) is 0 Å². The number of benzene rings is 2. The topological polar surface area (TPSA) is 73.2 Å². The average Bonchev–Trinajstić information content (AvgIpc) is 2.54. The number of fused-ring (bicyclic) bond motifs is 1. The lowest BCUT2D eigenvalue weighted by molar-refractivity contribution is 0.0698. The Kier molecular flexibility index (Phi) is 4.32. The number of para-hydroxylation sites is 1. The lowest BCUT2D eigenvalue weighted by atomic mass is 9.98. The molecule has 1 aromatic heterocycles. The van der Waals surface area contributed by atoms with Crippen LogP contribution in [0.4, 0.5) is 0 Å². The fraction of sp³-hybridized carbons (Fsp3) is 0.111. The van der Waals surface area contributed by atoms with Gasteiger partial charge in [0.15, 0.2) is 0 Å². The molecule has 5 heteroatoms. The zero-order chi connectivity index (χ0) is 16.4. The zero-order valence-corrected chi connectivity index (χ0v) is 13.3. The lowest BCUT2D eigenvalue weighted by Gasteiger charge is -2.15. The molecule has 0 fully saturated rings. The second-order valence-electron chi connectivity index (χ2n) is 5.22. The van der Waals surface area contributed by atoms with Crippen molar-refractivity contribution in [2.24, 2.45) is 0 Å². The van der Waals surface area contributed by atoms with Crippen LogP contribution in [-0.2, 0) is 16.9 Å². The Balaban J connectivity index is 2.40. The number of nitrogens with zero attached hydrogens (tertiary/aromatic N) is 1. The number of carboxylic acid groups (broad SMARTS) is 1. The first-order valence-electron chi connectivity index (χ1n) is 7.08. The highest BCUT2D eigenvalue weighted by molar-refractivity contribution is 7.89. The predicted octanol–water partition coefficient (Wildman–Crippen LogP) is 3.48. The van der Waals surface area contributed by atoms with Gasteiger partial charge in [-0.1, -0.05) is 59.7 Å². The molecule has 1 N–H and O–H groups in total. The van der Waals surface area contributed by atoms with Crippen LogP contribution in [0, 0.1) is 0 Å². The highest BCUT2D eigenvalue weighted by Gasteiger charge is 2.23. The van der Waals surface area contributed by atoms with E-state index in [9.17, 15) is 14.5 Å². The molecular formula is C18H15NO3S. The highest BCUT2D eigenvalue weighted by atomic mass is 32.2. The van der Waals surface area contributed by atoms with E-state index in [1.165, 1.54) is 0 Å². The zero-order valence-electron chi connectivity index (χ0n) is 12.5. The smallest absolute Gasteiger partial charge is 0.336 e. The summed E-state index contributed by atoms with van der Waals surface area (Å²) in [7, 11) is 0. The van der Waals surface area contributed by atoms with Gasteiger partial charge in [0.25, 0.3) is 0 Å². The van der Waals surface area contributed by atoms with Gasteiger partial charge in [0, 0.05) is 16.5 Å². The van der Waals surface area contributed by atoms with Crippen molar-refractivity contribution in [1.82, 2.24) is 4.98 Å². The summed E-state index contributed by atoms with van der Waals surface area (Å²) in [5.41, 5.74) is 2.72. The third kappa shape index (κ3) is 3.06. The Hall–Kier alpha value is -2.37. The summed E-state index contributed by atoms with van der Waals surface area (Å²) in [6, 6.07) is 16.5. The Morgan fingerprint density at radius 1 is 1.13 bits per heavy atom. The van der Waals surface area contributed by atoms with Crippen molar-refractivity contribution < 1.29 is 14.5 Å². The Bertz CT molecular complexity index is 863. The molecule has 0 saturated carbocycles. The minimum absolute atomic E-state index is 0.156. The van der Waals surface area contributed by atoms with E-state index in [-0.39, 0.29) is 11.3 Å². The minimum atomic E-state index is -1.17. The van der Waals surface area contributed by atoms with Crippen LogP contribution in [0.5, 0.6) is 0 Å². The molecule has 0 radical (unpaired) electrons. The fourth-order valence-electron chi connectivity index (χ4n) is 2.67. The standard InChI is InChI=1S/C18H15NO3S/c1-23(22)11-14-16(18(20)21)13-9-5-6-10-15(13)19-17(14)12-7-3-2-4-8-12/h2-10H,11H2,1H3,(H,20,21). The van der Waals surface area contributed by atoms with Crippen molar-refractivity contribution in [3.8, 4) is 11.3 Å². The first kappa shape index (κ1) is 15.5. The molecular weight excluding hydrogens is 310 g/mol. The number of pyridine rings is 1. The number of hydrogen-bond acceptors (Lipinski definition) is 3. The van der Waals surface area contributed by atoms with Crippen molar-refractivity contribution in [2.45, 2.75) is 5.75 Å². The van der Waals surface area contributed by atoms with Crippen LogP contribution in [0.2, 0.25) is 0 Å². The number of carboxylic acids is 1. The van der Waals surface area contributed by atoms with Gasteiger partial charge in [0.1, 0.15) is 5.75 Å². The van der Waals surface area contributed by atoms with Crippen LogP contribution in [0.3, 0.4) is 0 Å². The minimum Gasteiger partial charge on any atom is -0.616 e. The van der Waals surface area contributed by atoms with Crippen LogP contribution in [0.1, 0.15) is 15.9 Å². The van der Waals surface area contributed by atoms with Crippen molar-refractivity contribution >= 4 is 28.0 Å². The van der Waals surface area contributed by atoms with Crippen LogP contribution < -0.4 is 0 Å². The molecule has 0 aliphatic rings. The molecule has 0 spiro atoms. The monoisotopic (exact) mass is 325 g/mol. The average molecular weight is 325 g/mol. The van der Waals surface area contributed by atoms with Gasteiger partial charge in [-0.15, -0.1) is 0 Å². The molecule has 0 bridgehead atoms. The first-order chi connectivity index (χ1) is 11.1. The summed E-state index contributed by atoms with van der Waals surface area (Å²) in [6.07, 6.45) is 1.57. The van der Waals surface area contributed by atoms with E-state index in [1.807, 2.05) is 36.4 Å². The first-order valence-corrected chi connectivity index (χ1v) is 8.81. The van der Waals surface area contributed by atoms with E-state index < -0.39 is 17.1 Å². The van der Waals surface area contributed by atoms with Gasteiger partial charge in [-0.05, 0) is 6.07 Å². The number of aromatic nitrogens is 1. The molecule has 1 atom stereocenters. The molecule has 116 valence electrons. The van der Waals surface area contributed by atoms with E-state index in [4.69, 9.17) is 0 Å². The second-order valence-corrected chi connectivity index (χ2v) is 6.65.